The van der Waals surface area contributed by atoms with Gasteiger partial charge < -0.3 is 5.32 Å². The molecule has 2 aromatic heterocycles. The third-order valence-corrected chi connectivity index (χ3v) is 3.81. The number of aromatic nitrogens is 4. The lowest BCUT2D eigenvalue weighted by Crippen LogP contribution is -2.01. The van der Waals surface area contributed by atoms with Gasteiger partial charge >= 0.3 is 0 Å². The second-order valence-corrected chi connectivity index (χ2v) is 5.66. The van der Waals surface area contributed by atoms with Crippen molar-refractivity contribution in [2.45, 2.75) is 23.5 Å². The van der Waals surface area contributed by atoms with Gasteiger partial charge in [-0.1, -0.05) is 17.8 Å². The lowest BCUT2D eigenvalue weighted by molar-refractivity contribution is 0.973. The maximum absolute atomic E-state index is 4.37. The molecule has 0 aliphatic carbocycles. The van der Waals surface area contributed by atoms with Crippen LogP contribution in [-0.2, 0) is 6.54 Å². The summed E-state index contributed by atoms with van der Waals surface area (Å²) in [5.74, 6) is 0. The molecule has 21 heavy (non-hydrogen) atoms. The molecule has 3 aromatic rings. The molecule has 1 aromatic carbocycles. The number of aromatic amines is 1. The van der Waals surface area contributed by atoms with E-state index in [0.29, 0.717) is 0 Å². The van der Waals surface area contributed by atoms with E-state index in [1.54, 1.807) is 11.8 Å². The summed E-state index contributed by atoms with van der Waals surface area (Å²) in [5.41, 5.74) is 3.27. The van der Waals surface area contributed by atoms with E-state index in [-0.39, 0.29) is 0 Å². The zero-order valence-corrected chi connectivity index (χ0v) is 12.4. The third kappa shape index (κ3) is 3.82. The predicted octanol–water partition coefficient (Wildman–Crippen LogP) is 3.27. The largest absolute Gasteiger partial charge is 0.379 e. The second kappa shape index (κ2) is 6.41. The minimum atomic E-state index is 0.717. The summed E-state index contributed by atoms with van der Waals surface area (Å²) < 4.78 is 0. The van der Waals surface area contributed by atoms with Crippen molar-refractivity contribution in [1.29, 1.82) is 0 Å². The van der Waals surface area contributed by atoms with Gasteiger partial charge in [0.25, 0.3) is 0 Å². The van der Waals surface area contributed by atoms with Gasteiger partial charge in [-0.15, -0.1) is 0 Å². The van der Waals surface area contributed by atoms with Crippen LogP contribution >= 0.6 is 11.8 Å². The highest BCUT2D eigenvalue weighted by Crippen LogP contribution is 2.25. The number of benzene rings is 1. The minimum Gasteiger partial charge on any atom is -0.379 e. The molecule has 0 amide bonds. The van der Waals surface area contributed by atoms with Crippen LogP contribution in [0.2, 0.25) is 0 Å². The molecule has 0 aliphatic heterocycles. The van der Waals surface area contributed by atoms with Crippen LogP contribution in [0.1, 0.15) is 11.3 Å². The topological polar surface area (TPSA) is 66.5 Å². The first-order chi connectivity index (χ1) is 10.3. The average Bonchev–Trinajstić information content (AvgIpc) is 3.01. The van der Waals surface area contributed by atoms with Gasteiger partial charge in [0.05, 0.1) is 12.2 Å². The summed E-state index contributed by atoms with van der Waals surface area (Å²) in [4.78, 5) is 9.58. The monoisotopic (exact) mass is 297 g/mol. The maximum atomic E-state index is 4.37. The molecular formula is C15H15N5S. The fourth-order valence-corrected chi connectivity index (χ4v) is 2.49. The number of pyridine rings is 1. The molecular weight excluding hydrogens is 282 g/mol. The van der Waals surface area contributed by atoms with E-state index in [0.717, 1.165) is 28.0 Å². The molecule has 0 saturated heterocycles. The molecule has 0 atom stereocenters. The van der Waals surface area contributed by atoms with Crippen molar-refractivity contribution in [2.24, 2.45) is 0 Å². The smallest absolute Gasteiger partial charge is 0.188 e. The molecule has 3 rings (SSSR count). The van der Waals surface area contributed by atoms with Gasteiger partial charge in [0.2, 0.25) is 0 Å². The van der Waals surface area contributed by atoms with Crippen LogP contribution in [-0.4, -0.2) is 20.2 Å². The van der Waals surface area contributed by atoms with Gasteiger partial charge in [-0.05, 0) is 42.8 Å². The Labute approximate surface area is 127 Å². The number of rotatable bonds is 5. The number of nitrogens with one attached hydrogen (secondary N) is 2. The van der Waals surface area contributed by atoms with Crippen molar-refractivity contribution in [3.8, 4) is 0 Å². The first-order valence-electron chi connectivity index (χ1n) is 6.58. The summed E-state index contributed by atoms with van der Waals surface area (Å²) in [6, 6.07) is 12.3. The number of anilines is 1. The van der Waals surface area contributed by atoms with E-state index in [2.05, 4.69) is 43.7 Å². The van der Waals surface area contributed by atoms with E-state index in [4.69, 9.17) is 0 Å². The Hall–Kier alpha value is -2.34. The molecule has 0 unspecified atom stereocenters. The number of hydrogen-bond donors (Lipinski definition) is 2. The van der Waals surface area contributed by atoms with Crippen LogP contribution < -0.4 is 5.32 Å². The zero-order valence-electron chi connectivity index (χ0n) is 11.6. The second-order valence-electron chi connectivity index (χ2n) is 4.60. The van der Waals surface area contributed by atoms with Gasteiger partial charge in [0.1, 0.15) is 6.33 Å². The highest BCUT2D eigenvalue weighted by atomic mass is 32.2. The number of nitrogens with zero attached hydrogens (tertiary/aromatic N) is 3. The van der Waals surface area contributed by atoms with E-state index in [9.17, 15) is 0 Å². The molecule has 0 fully saturated rings. The molecule has 0 saturated carbocycles. The van der Waals surface area contributed by atoms with E-state index < -0.39 is 0 Å². The van der Waals surface area contributed by atoms with E-state index in [1.165, 1.54) is 11.9 Å². The molecule has 0 aliphatic rings. The van der Waals surface area contributed by atoms with Crippen molar-refractivity contribution in [3.05, 3.63) is 60.2 Å². The highest BCUT2D eigenvalue weighted by Gasteiger charge is 2.00. The van der Waals surface area contributed by atoms with Crippen LogP contribution in [0.25, 0.3) is 0 Å². The van der Waals surface area contributed by atoms with Gasteiger partial charge in [-0.3, -0.25) is 10.1 Å². The minimum absolute atomic E-state index is 0.717. The molecule has 0 spiro atoms. The maximum Gasteiger partial charge on any atom is 0.188 e. The number of aryl methyl sites for hydroxylation is 1. The summed E-state index contributed by atoms with van der Waals surface area (Å²) in [5, 5.41) is 10.8. The predicted molar refractivity (Wildman–Crippen MR) is 83.2 cm³/mol. The van der Waals surface area contributed by atoms with Gasteiger partial charge in [0, 0.05) is 16.8 Å². The fraction of sp³-hybridized carbons (Fsp3) is 0.133. The first-order valence-corrected chi connectivity index (χ1v) is 7.40. The van der Waals surface area contributed by atoms with Crippen LogP contribution in [0, 0.1) is 6.92 Å². The Kier molecular flexibility index (Phi) is 4.16. The molecule has 2 N–H and O–H groups in total. The van der Waals surface area contributed by atoms with Crippen molar-refractivity contribution >= 4 is 17.4 Å². The number of hydrogen-bond acceptors (Lipinski definition) is 5. The van der Waals surface area contributed by atoms with E-state index >= 15 is 0 Å². The molecule has 106 valence electrons. The fourth-order valence-electron chi connectivity index (χ4n) is 1.79. The summed E-state index contributed by atoms with van der Waals surface area (Å²) in [6.45, 7) is 2.75. The quantitative estimate of drug-likeness (QED) is 0.756. The first kappa shape index (κ1) is 13.6. The highest BCUT2D eigenvalue weighted by molar-refractivity contribution is 7.99. The lowest BCUT2D eigenvalue weighted by Gasteiger charge is -2.07. The average molecular weight is 297 g/mol. The molecule has 2 heterocycles. The Balaban J connectivity index is 1.58. The molecule has 6 heteroatoms. The normalized spacial score (nSPS) is 10.5. The Morgan fingerprint density at radius 2 is 1.95 bits per heavy atom. The summed E-state index contributed by atoms with van der Waals surface area (Å²) in [7, 11) is 0. The lowest BCUT2D eigenvalue weighted by atomic mass is 10.2. The molecule has 0 radical (unpaired) electrons. The van der Waals surface area contributed by atoms with Gasteiger partial charge in [0.15, 0.2) is 5.16 Å². The third-order valence-electron chi connectivity index (χ3n) is 2.91. The SMILES string of the molecule is Cc1ccc(CNc2ccc(Sc3ncn[nH]3)cc2)nc1. The van der Waals surface area contributed by atoms with Crippen molar-refractivity contribution in [2.75, 3.05) is 5.32 Å². The molecule has 0 bridgehead atoms. The molecule has 5 nitrogen and oxygen atoms in total. The van der Waals surface area contributed by atoms with Crippen LogP contribution in [0.3, 0.4) is 0 Å². The van der Waals surface area contributed by atoms with Crippen molar-refractivity contribution in [3.63, 3.8) is 0 Å². The van der Waals surface area contributed by atoms with Gasteiger partial charge in [-0.2, -0.15) is 5.10 Å². The van der Waals surface area contributed by atoms with Crippen LogP contribution in [0.4, 0.5) is 5.69 Å². The van der Waals surface area contributed by atoms with E-state index in [1.807, 2.05) is 31.3 Å². The van der Waals surface area contributed by atoms with Crippen LogP contribution in [0.15, 0.2) is 59.0 Å². The Bertz CT molecular complexity index is 677. The number of H-pyrrole nitrogens is 1. The standard InChI is InChI=1S/C15H15N5S/c1-11-2-3-13(16-8-11)9-17-12-4-6-14(7-5-12)21-15-18-10-19-20-15/h2-8,10,17H,9H2,1H3,(H,18,19,20). The Morgan fingerprint density at radius 3 is 2.62 bits per heavy atom. The van der Waals surface area contributed by atoms with Gasteiger partial charge in [-0.25, -0.2) is 4.98 Å². The zero-order chi connectivity index (χ0) is 14.5. The van der Waals surface area contributed by atoms with Crippen LogP contribution in [0.5, 0.6) is 0 Å². The summed E-state index contributed by atoms with van der Waals surface area (Å²) >= 11 is 1.55. The Morgan fingerprint density at radius 1 is 1.10 bits per heavy atom. The van der Waals surface area contributed by atoms with Crippen molar-refractivity contribution < 1.29 is 0 Å². The summed E-state index contributed by atoms with van der Waals surface area (Å²) in [6.07, 6.45) is 3.39. The van der Waals surface area contributed by atoms with Crippen molar-refractivity contribution in [1.82, 2.24) is 20.2 Å².